The zero-order valence-electron chi connectivity index (χ0n) is 9.00. The number of hydrazine groups is 1. The van der Waals surface area contributed by atoms with Gasteiger partial charge in [0.05, 0.1) is 5.29 Å². The normalized spacial score (nSPS) is 19.0. The molecule has 90 valence electrons. The molecule has 1 aliphatic heterocycles. The first-order valence-corrected chi connectivity index (χ1v) is 5.09. The zero-order chi connectivity index (χ0) is 12.3. The van der Waals surface area contributed by atoms with Crippen molar-refractivity contribution in [3.8, 4) is 0 Å². The van der Waals surface area contributed by atoms with Gasteiger partial charge in [0, 0.05) is 5.69 Å². The number of benzene rings is 1. The summed E-state index contributed by atoms with van der Waals surface area (Å²) in [5.74, 6) is 5.25. The number of carbonyl (C=O) groups excluding carboxylic acids is 1. The fourth-order valence-corrected chi connectivity index (χ4v) is 1.71. The topological polar surface area (TPSA) is 97.0 Å². The van der Waals surface area contributed by atoms with Crippen molar-refractivity contribution in [1.82, 2.24) is 5.01 Å². The van der Waals surface area contributed by atoms with Crippen molar-refractivity contribution in [3.05, 3.63) is 34.7 Å². The number of cyclic esters (lactones) is 1. The lowest BCUT2D eigenvalue weighted by Gasteiger charge is -2.12. The molecule has 1 heterocycles. The molecule has 0 bridgehead atoms. The third kappa shape index (κ3) is 2.34. The standard InChI is InChI=1S/C10H12N4O3/c11-12-8-3-1-7(2-4-8)5-9-6-17-10(15)14(9)13-16/h1-4,9,12H,5-6,11H2. The lowest BCUT2D eigenvalue weighted by Crippen LogP contribution is -2.29. The number of anilines is 1. The van der Waals surface area contributed by atoms with Gasteiger partial charge in [-0.3, -0.25) is 5.84 Å². The highest BCUT2D eigenvalue weighted by Crippen LogP contribution is 2.18. The van der Waals surface area contributed by atoms with Crippen LogP contribution < -0.4 is 11.3 Å². The first-order valence-electron chi connectivity index (χ1n) is 5.09. The Morgan fingerprint density at radius 3 is 2.76 bits per heavy atom. The molecule has 1 aliphatic rings. The SMILES string of the molecule is NNc1ccc(CC2COC(=O)N2N=O)cc1. The van der Waals surface area contributed by atoms with Crippen LogP contribution in [0.3, 0.4) is 0 Å². The summed E-state index contributed by atoms with van der Waals surface area (Å²) in [5, 5.41) is 3.48. The molecule has 0 spiro atoms. The van der Waals surface area contributed by atoms with Crippen LogP contribution in [0.1, 0.15) is 5.56 Å². The average Bonchev–Trinajstić information content (AvgIpc) is 2.71. The molecule has 7 heteroatoms. The van der Waals surface area contributed by atoms with E-state index < -0.39 is 6.09 Å². The van der Waals surface area contributed by atoms with Gasteiger partial charge in [0.1, 0.15) is 12.6 Å². The number of rotatable bonds is 4. The van der Waals surface area contributed by atoms with Crippen LogP contribution in [0.2, 0.25) is 0 Å². The number of amides is 1. The number of ether oxygens (including phenoxy) is 1. The summed E-state index contributed by atoms with van der Waals surface area (Å²) in [6.45, 7) is 0.182. The molecule has 17 heavy (non-hydrogen) atoms. The van der Waals surface area contributed by atoms with Crippen LogP contribution in [0.4, 0.5) is 10.5 Å². The molecular weight excluding hydrogens is 224 g/mol. The van der Waals surface area contributed by atoms with E-state index >= 15 is 0 Å². The van der Waals surface area contributed by atoms with E-state index in [1.807, 2.05) is 24.3 Å². The number of nitrogen functional groups attached to an aromatic ring is 1. The number of hydrogen-bond acceptors (Lipinski definition) is 6. The van der Waals surface area contributed by atoms with Crippen molar-refractivity contribution in [2.75, 3.05) is 12.0 Å². The second-order valence-corrected chi connectivity index (χ2v) is 3.70. The maximum atomic E-state index is 11.1. The molecule has 3 N–H and O–H groups in total. The minimum Gasteiger partial charge on any atom is -0.446 e. The Labute approximate surface area is 97.4 Å². The Morgan fingerprint density at radius 1 is 1.47 bits per heavy atom. The van der Waals surface area contributed by atoms with Crippen LogP contribution in [0.15, 0.2) is 29.6 Å². The molecule has 1 saturated heterocycles. The van der Waals surface area contributed by atoms with Gasteiger partial charge in [-0.2, -0.15) is 5.01 Å². The zero-order valence-corrected chi connectivity index (χ0v) is 9.00. The number of hydrogen-bond donors (Lipinski definition) is 2. The van der Waals surface area contributed by atoms with Crippen LogP contribution in [0.5, 0.6) is 0 Å². The third-order valence-electron chi connectivity index (χ3n) is 2.61. The van der Waals surface area contributed by atoms with E-state index in [9.17, 15) is 9.70 Å². The maximum absolute atomic E-state index is 11.1. The Kier molecular flexibility index (Phi) is 3.20. The lowest BCUT2D eigenvalue weighted by atomic mass is 10.1. The third-order valence-corrected chi connectivity index (χ3v) is 2.61. The molecule has 1 atom stereocenters. The predicted octanol–water partition coefficient (Wildman–Crippen LogP) is 1.02. The van der Waals surface area contributed by atoms with Crippen molar-refractivity contribution in [1.29, 1.82) is 0 Å². The number of nitroso groups, excluding NO2 is 1. The summed E-state index contributed by atoms with van der Waals surface area (Å²) in [6.07, 6.45) is -0.173. The molecule has 7 nitrogen and oxygen atoms in total. The van der Waals surface area contributed by atoms with Crippen LogP contribution in [0, 0.1) is 4.91 Å². The van der Waals surface area contributed by atoms with E-state index in [1.165, 1.54) is 0 Å². The largest absolute Gasteiger partial charge is 0.446 e. The van der Waals surface area contributed by atoms with Crippen LogP contribution in [-0.4, -0.2) is 23.8 Å². The monoisotopic (exact) mass is 236 g/mol. The van der Waals surface area contributed by atoms with Gasteiger partial charge in [0.15, 0.2) is 0 Å². The van der Waals surface area contributed by atoms with Crippen molar-refractivity contribution in [2.45, 2.75) is 12.5 Å². The van der Waals surface area contributed by atoms with Gasteiger partial charge in [0.2, 0.25) is 0 Å². The minimum absolute atomic E-state index is 0.182. The molecule has 1 amide bonds. The Bertz CT molecular complexity index is 420. The minimum atomic E-state index is -0.690. The molecule has 2 rings (SSSR count). The molecule has 0 radical (unpaired) electrons. The summed E-state index contributed by atoms with van der Waals surface area (Å²) in [4.78, 5) is 21.6. The Balaban J connectivity index is 2.05. The number of carbonyl (C=O) groups is 1. The highest BCUT2D eigenvalue weighted by molar-refractivity contribution is 5.69. The summed E-state index contributed by atoms with van der Waals surface area (Å²) < 4.78 is 4.75. The first kappa shape index (κ1) is 11.3. The van der Waals surface area contributed by atoms with Crippen molar-refractivity contribution >= 4 is 11.8 Å². The maximum Gasteiger partial charge on any atom is 0.433 e. The molecule has 0 aromatic heterocycles. The quantitative estimate of drug-likeness (QED) is 0.462. The molecule has 1 aromatic rings. The Morgan fingerprint density at radius 2 is 2.18 bits per heavy atom. The lowest BCUT2D eigenvalue weighted by molar-refractivity contribution is 0.158. The predicted molar refractivity (Wildman–Crippen MR) is 60.7 cm³/mol. The summed E-state index contributed by atoms with van der Waals surface area (Å²) in [7, 11) is 0. The van der Waals surface area contributed by atoms with E-state index in [0.717, 1.165) is 16.3 Å². The summed E-state index contributed by atoms with van der Waals surface area (Å²) in [6, 6.07) is 7.01. The second kappa shape index (κ2) is 4.79. The van der Waals surface area contributed by atoms with E-state index in [2.05, 4.69) is 10.7 Å². The van der Waals surface area contributed by atoms with Gasteiger partial charge in [-0.25, -0.2) is 4.79 Å². The molecule has 1 fully saturated rings. The number of nitrogens with zero attached hydrogens (tertiary/aromatic N) is 2. The Hall–Kier alpha value is -2.15. The number of nitrogens with one attached hydrogen (secondary N) is 1. The van der Waals surface area contributed by atoms with Gasteiger partial charge >= 0.3 is 6.09 Å². The van der Waals surface area contributed by atoms with Crippen LogP contribution in [-0.2, 0) is 11.2 Å². The average molecular weight is 236 g/mol. The van der Waals surface area contributed by atoms with E-state index in [4.69, 9.17) is 10.6 Å². The highest BCUT2D eigenvalue weighted by atomic mass is 16.6. The summed E-state index contributed by atoms with van der Waals surface area (Å²) in [5.41, 5.74) is 4.28. The van der Waals surface area contributed by atoms with Crippen molar-refractivity contribution < 1.29 is 9.53 Å². The van der Waals surface area contributed by atoms with Crippen LogP contribution >= 0.6 is 0 Å². The second-order valence-electron chi connectivity index (χ2n) is 3.70. The highest BCUT2D eigenvalue weighted by Gasteiger charge is 2.34. The molecular formula is C10H12N4O3. The van der Waals surface area contributed by atoms with E-state index in [-0.39, 0.29) is 12.6 Å². The van der Waals surface area contributed by atoms with Gasteiger partial charge in [-0.15, -0.1) is 4.91 Å². The molecule has 0 saturated carbocycles. The number of nitrogens with two attached hydrogens (primary N) is 1. The molecule has 0 aliphatic carbocycles. The van der Waals surface area contributed by atoms with Crippen molar-refractivity contribution in [2.24, 2.45) is 11.1 Å². The van der Waals surface area contributed by atoms with Gasteiger partial charge in [0.25, 0.3) is 0 Å². The molecule has 1 aromatic carbocycles. The van der Waals surface area contributed by atoms with E-state index in [1.54, 1.807) is 0 Å². The van der Waals surface area contributed by atoms with Gasteiger partial charge in [-0.1, -0.05) is 12.1 Å². The first-order chi connectivity index (χ1) is 8.24. The fourth-order valence-electron chi connectivity index (χ4n) is 1.71. The van der Waals surface area contributed by atoms with Crippen LogP contribution in [0.25, 0.3) is 0 Å². The molecule has 1 unspecified atom stereocenters. The fraction of sp³-hybridized carbons (Fsp3) is 0.300. The smallest absolute Gasteiger partial charge is 0.433 e. The summed E-state index contributed by atoms with van der Waals surface area (Å²) >= 11 is 0. The van der Waals surface area contributed by atoms with Gasteiger partial charge < -0.3 is 10.2 Å². The van der Waals surface area contributed by atoms with E-state index in [0.29, 0.717) is 6.42 Å². The van der Waals surface area contributed by atoms with Crippen molar-refractivity contribution in [3.63, 3.8) is 0 Å². The van der Waals surface area contributed by atoms with Gasteiger partial charge in [-0.05, 0) is 24.1 Å².